The largest absolute Gasteiger partial charge is 0.496 e. The number of urea groups is 1. The molecule has 8 heteroatoms. The predicted molar refractivity (Wildman–Crippen MR) is 132 cm³/mol. The summed E-state index contributed by atoms with van der Waals surface area (Å²) in [5.41, 5.74) is 3.22. The number of halogens is 2. The van der Waals surface area contributed by atoms with Crippen molar-refractivity contribution in [3.8, 4) is 5.75 Å². The van der Waals surface area contributed by atoms with Gasteiger partial charge in [-0.3, -0.25) is 14.9 Å². The molecule has 1 N–H and O–H groups in total. The monoisotopic (exact) mass is 492 g/mol. The number of hydrogen-bond acceptors (Lipinski definition) is 4. The van der Waals surface area contributed by atoms with Gasteiger partial charge in [-0.15, -0.1) is 0 Å². The van der Waals surface area contributed by atoms with Crippen molar-refractivity contribution in [3.63, 3.8) is 0 Å². The van der Waals surface area contributed by atoms with Crippen LogP contribution in [0.3, 0.4) is 0 Å². The van der Waals surface area contributed by atoms with Crippen LogP contribution in [0.2, 0.25) is 5.02 Å². The number of imide groups is 2. The fourth-order valence-corrected chi connectivity index (χ4v) is 4.21. The summed E-state index contributed by atoms with van der Waals surface area (Å²) in [6.07, 6.45) is 1.55. The lowest BCUT2D eigenvalue weighted by Gasteiger charge is -2.28. The first-order valence-electron chi connectivity index (χ1n) is 10.8. The van der Waals surface area contributed by atoms with E-state index in [9.17, 15) is 18.8 Å². The van der Waals surface area contributed by atoms with Crippen LogP contribution in [0.5, 0.6) is 5.75 Å². The first-order valence-corrected chi connectivity index (χ1v) is 11.2. The van der Waals surface area contributed by atoms with Crippen LogP contribution in [-0.2, 0) is 16.0 Å². The molecule has 4 amide bonds. The SMILES string of the molecule is COc1cc(/C=C2\C(=O)NC(=O)N(c3cccc(C)c3C)C2=O)cc(Cl)c1Cc1ccccc1F. The van der Waals surface area contributed by atoms with Crippen LogP contribution in [0, 0.1) is 19.7 Å². The van der Waals surface area contributed by atoms with Crippen LogP contribution in [-0.4, -0.2) is 25.0 Å². The van der Waals surface area contributed by atoms with Gasteiger partial charge in [0.15, 0.2) is 0 Å². The quantitative estimate of drug-likeness (QED) is 0.384. The maximum absolute atomic E-state index is 14.2. The first kappa shape index (κ1) is 24.2. The molecule has 4 rings (SSSR count). The number of nitrogens with zero attached hydrogens (tertiary/aromatic N) is 1. The third kappa shape index (κ3) is 4.68. The van der Waals surface area contributed by atoms with Crippen molar-refractivity contribution >= 4 is 41.2 Å². The van der Waals surface area contributed by atoms with E-state index in [2.05, 4.69) is 5.32 Å². The van der Waals surface area contributed by atoms with Crippen LogP contribution in [0.25, 0.3) is 6.08 Å². The molecular weight excluding hydrogens is 471 g/mol. The fourth-order valence-electron chi connectivity index (χ4n) is 3.92. The van der Waals surface area contributed by atoms with Crippen molar-refractivity contribution in [1.29, 1.82) is 0 Å². The highest BCUT2D eigenvalue weighted by molar-refractivity contribution is 6.39. The molecule has 178 valence electrons. The van der Waals surface area contributed by atoms with E-state index in [1.165, 1.54) is 19.3 Å². The minimum atomic E-state index is -0.818. The molecule has 0 spiro atoms. The Morgan fingerprint density at radius 1 is 1.06 bits per heavy atom. The molecule has 0 saturated carbocycles. The topological polar surface area (TPSA) is 75.7 Å². The molecule has 0 aromatic heterocycles. The fraction of sp³-hybridized carbons (Fsp3) is 0.148. The zero-order chi connectivity index (χ0) is 25.3. The molecule has 1 aliphatic rings. The van der Waals surface area contributed by atoms with Crippen molar-refractivity contribution in [2.45, 2.75) is 20.3 Å². The van der Waals surface area contributed by atoms with Gasteiger partial charge in [0.25, 0.3) is 11.8 Å². The maximum atomic E-state index is 14.2. The van der Waals surface area contributed by atoms with Gasteiger partial charge in [-0.1, -0.05) is 41.9 Å². The van der Waals surface area contributed by atoms with Gasteiger partial charge in [0, 0.05) is 17.0 Å². The molecular formula is C27H22ClFN2O4. The van der Waals surface area contributed by atoms with Gasteiger partial charge < -0.3 is 4.74 Å². The number of carbonyl (C=O) groups excluding carboxylic acids is 3. The summed E-state index contributed by atoms with van der Waals surface area (Å²) in [7, 11) is 1.45. The molecule has 0 atom stereocenters. The number of barbiturate groups is 1. The van der Waals surface area contributed by atoms with E-state index in [-0.39, 0.29) is 22.8 Å². The molecule has 6 nitrogen and oxygen atoms in total. The third-order valence-corrected chi connectivity index (χ3v) is 6.29. The van der Waals surface area contributed by atoms with E-state index in [1.54, 1.807) is 49.4 Å². The Hall–Kier alpha value is -3.97. The number of aryl methyl sites for hydroxylation is 1. The van der Waals surface area contributed by atoms with E-state index < -0.39 is 17.8 Å². The molecule has 1 heterocycles. The second-order valence-corrected chi connectivity index (χ2v) is 8.54. The minimum absolute atomic E-state index is 0.194. The lowest BCUT2D eigenvalue weighted by molar-refractivity contribution is -0.122. The minimum Gasteiger partial charge on any atom is -0.496 e. The van der Waals surface area contributed by atoms with E-state index in [4.69, 9.17) is 16.3 Å². The Morgan fingerprint density at radius 2 is 1.80 bits per heavy atom. The molecule has 0 bridgehead atoms. The predicted octanol–water partition coefficient (Wildman–Crippen LogP) is 5.36. The number of carbonyl (C=O) groups is 3. The van der Waals surface area contributed by atoms with Crippen molar-refractivity contribution in [1.82, 2.24) is 5.32 Å². The van der Waals surface area contributed by atoms with Crippen LogP contribution < -0.4 is 15.0 Å². The van der Waals surface area contributed by atoms with Gasteiger partial charge >= 0.3 is 6.03 Å². The zero-order valence-electron chi connectivity index (χ0n) is 19.3. The highest BCUT2D eigenvalue weighted by atomic mass is 35.5. The van der Waals surface area contributed by atoms with Crippen LogP contribution in [0.1, 0.15) is 27.8 Å². The lowest BCUT2D eigenvalue weighted by Crippen LogP contribution is -2.54. The maximum Gasteiger partial charge on any atom is 0.335 e. The van der Waals surface area contributed by atoms with Gasteiger partial charge in [0.2, 0.25) is 0 Å². The molecule has 1 saturated heterocycles. The normalized spacial score (nSPS) is 14.9. The molecule has 3 aromatic carbocycles. The summed E-state index contributed by atoms with van der Waals surface area (Å²) in [5, 5.41) is 2.50. The number of anilines is 1. The highest BCUT2D eigenvalue weighted by Crippen LogP contribution is 2.33. The van der Waals surface area contributed by atoms with Crippen molar-refractivity contribution in [3.05, 3.63) is 98.8 Å². The van der Waals surface area contributed by atoms with Gasteiger partial charge in [-0.25, -0.2) is 14.1 Å². The van der Waals surface area contributed by atoms with Crippen molar-refractivity contribution < 1.29 is 23.5 Å². The van der Waals surface area contributed by atoms with Crippen molar-refractivity contribution in [2.24, 2.45) is 0 Å². The molecule has 0 unspecified atom stereocenters. The van der Waals surface area contributed by atoms with Gasteiger partial charge in [0.1, 0.15) is 17.1 Å². The molecule has 1 fully saturated rings. The average molecular weight is 493 g/mol. The van der Waals surface area contributed by atoms with E-state index in [1.807, 2.05) is 13.0 Å². The lowest BCUT2D eigenvalue weighted by atomic mass is 9.99. The summed E-state index contributed by atoms with van der Waals surface area (Å²) >= 11 is 6.51. The smallest absolute Gasteiger partial charge is 0.335 e. The first-order chi connectivity index (χ1) is 16.7. The molecule has 0 aliphatic carbocycles. The van der Waals surface area contributed by atoms with Crippen LogP contribution in [0.15, 0.2) is 60.2 Å². The Bertz CT molecular complexity index is 1400. The van der Waals surface area contributed by atoms with Crippen molar-refractivity contribution in [2.75, 3.05) is 12.0 Å². The summed E-state index contributed by atoms with van der Waals surface area (Å²) < 4.78 is 19.6. The third-order valence-electron chi connectivity index (χ3n) is 5.95. The number of ether oxygens (including phenoxy) is 1. The Labute approximate surface area is 207 Å². The van der Waals surface area contributed by atoms with Gasteiger partial charge in [0.05, 0.1) is 12.8 Å². The van der Waals surface area contributed by atoms with E-state index in [0.29, 0.717) is 28.1 Å². The standard InChI is InChI=1S/C27H22ClFN2O4/c1-15-7-6-10-23(16(15)2)31-26(33)20(25(32)30-27(31)34)11-17-12-21(28)19(24(13-17)35-3)14-18-8-4-5-9-22(18)29/h4-13H,14H2,1-3H3,(H,30,32,34)/b20-11+. The Balaban J connectivity index is 1.73. The number of rotatable bonds is 5. The van der Waals surface area contributed by atoms with E-state index >= 15 is 0 Å². The Kier molecular flexibility index (Phi) is 6.71. The zero-order valence-corrected chi connectivity index (χ0v) is 20.1. The number of benzene rings is 3. The summed E-state index contributed by atoms with van der Waals surface area (Å²) in [5.74, 6) is -1.55. The Morgan fingerprint density at radius 3 is 2.51 bits per heavy atom. The molecule has 0 radical (unpaired) electrons. The molecule has 3 aromatic rings. The summed E-state index contributed by atoms with van der Waals surface area (Å²) in [6, 6.07) is 13.9. The summed E-state index contributed by atoms with van der Waals surface area (Å²) in [6.45, 7) is 3.66. The molecule has 35 heavy (non-hydrogen) atoms. The highest BCUT2D eigenvalue weighted by Gasteiger charge is 2.37. The van der Waals surface area contributed by atoms with Gasteiger partial charge in [-0.05, 0) is 66.4 Å². The second-order valence-electron chi connectivity index (χ2n) is 8.13. The second kappa shape index (κ2) is 9.72. The van der Waals surface area contributed by atoms with Gasteiger partial charge in [-0.2, -0.15) is 0 Å². The number of hydrogen-bond donors (Lipinski definition) is 1. The number of nitrogens with one attached hydrogen (secondary N) is 1. The van der Waals surface area contributed by atoms with E-state index in [0.717, 1.165) is 16.0 Å². The number of amides is 4. The number of methoxy groups -OCH3 is 1. The van der Waals surface area contributed by atoms with Crippen LogP contribution >= 0.6 is 11.6 Å². The van der Waals surface area contributed by atoms with Crippen LogP contribution in [0.4, 0.5) is 14.9 Å². The summed E-state index contributed by atoms with van der Waals surface area (Å²) in [4.78, 5) is 39.3. The molecule has 1 aliphatic heterocycles. The average Bonchev–Trinajstić information content (AvgIpc) is 2.82.